The quantitative estimate of drug-likeness (QED) is 0.664. The smallest absolute Gasteiger partial charge is 0.258 e. The van der Waals surface area contributed by atoms with Gasteiger partial charge in [-0.05, 0) is 11.8 Å². The molecule has 14 heavy (non-hydrogen) atoms. The summed E-state index contributed by atoms with van der Waals surface area (Å²) in [6, 6.07) is 0. The van der Waals surface area contributed by atoms with Crippen LogP contribution < -0.4 is 0 Å². The lowest BCUT2D eigenvalue weighted by atomic mass is 10.2. The Morgan fingerprint density at radius 2 is 2.36 bits per heavy atom. The van der Waals surface area contributed by atoms with E-state index in [1.807, 2.05) is 0 Å². The first-order valence-electron chi connectivity index (χ1n) is 3.98. The van der Waals surface area contributed by atoms with Gasteiger partial charge >= 0.3 is 0 Å². The molecule has 2 aliphatic heterocycles. The zero-order chi connectivity index (χ0) is 10.3. The molecule has 74 valence electrons. The molecule has 0 aromatic heterocycles. The van der Waals surface area contributed by atoms with Gasteiger partial charge in [-0.1, -0.05) is 15.9 Å². The summed E-state index contributed by atoms with van der Waals surface area (Å²) in [6.07, 6.45) is 1.15. The third-order valence-electron chi connectivity index (χ3n) is 2.09. The lowest BCUT2D eigenvalue weighted by molar-refractivity contribution is -0.127. The second-order valence-corrected chi connectivity index (χ2v) is 4.61. The number of alkyl halides is 1. The van der Waals surface area contributed by atoms with Crippen LogP contribution >= 0.6 is 27.7 Å². The lowest BCUT2D eigenvalue weighted by Gasteiger charge is -2.28. The van der Waals surface area contributed by atoms with Crippen molar-refractivity contribution in [1.82, 2.24) is 4.90 Å². The number of carbonyl (C=O) groups excluding carboxylic acids is 2. The number of nitrogens with zero attached hydrogens (tertiary/aromatic N) is 2. The van der Waals surface area contributed by atoms with Crippen molar-refractivity contribution in [3.8, 4) is 0 Å². The van der Waals surface area contributed by atoms with Gasteiger partial charge in [0.05, 0.1) is 5.57 Å². The number of amides is 1. The van der Waals surface area contributed by atoms with E-state index < -0.39 is 0 Å². The summed E-state index contributed by atoms with van der Waals surface area (Å²) in [5.41, 5.74) is 0.430. The molecule has 0 fully saturated rings. The third-order valence-corrected chi connectivity index (χ3v) is 3.51. The maximum absolute atomic E-state index is 11.7. The molecule has 1 atom stereocenters. The predicted octanol–water partition coefficient (Wildman–Crippen LogP) is 0.778. The first-order chi connectivity index (χ1) is 6.63. The first-order valence-corrected chi connectivity index (χ1v) is 5.92. The van der Waals surface area contributed by atoms with E-state index in [1.165, 1.54) is 11.0 Å². The Morgan fingerprint density at radius 3 is 3.00 bits per heavy atom. The molecule has 6 heteroatoms. The van der Waals surface area contributed by atoms with Crippen molar-refractivity contribution in [1.29, 1.82) is 0 Å². The number of likely N-dealkylation sites (N-methyl/N-ethyl adjacent to an activating group) is 1. The van der Waals surface area contributed by atoms with E-state index in [-0.39, 0.29) is 17.2 Å². The van der Waals surface area contributed by atoms with Crippen LogP contribution in [0.25, 0.3) is 0 Å². The molecule has 0 bridgehead atoms. The van der Waals surface area contributed by atoms with E-state index in [9.17, 15) is 9.59 Å². The number of carbonyl (C=O) groups is 2. The molecule has 0 saturated carbocycles. The standard InChI is InChI=1S/C8H7BrN2O2S/c1-11-5(3-9)10-7-4(8(11)13)2-6(12)14-7/h2,5H,3H2,1H3. The Balaban J connectivity index is 2.42. The van der Waals surface area contributed by atoms with E-state index in [0.29, 0.717) is 15.9 Å². The second-order valence-electron chi connectivity index (χ2n) is 2.96. The second kappa shape index (κ2) is 3.51. The SMILES string of the molecule is CN1C(=O)C2=CC(=O)SC2=NC1CBr. The number of hydrogen-bond donors (Lipinski definition) is 0. The molecule has 0 aromatic carbocycles. The van der Waals surface area contributed by atoms with E-state index in [0.717, 1.165) is 11.8 Å². The highest BCUT2D eigenvalue weighted by Crippen LogP contribution is 2.29. The Morgan fingerprint density at radius 1 is 1.64 bits per heavy atom. The minimum atomic E-state index is -0.201. The summed E-state index contributed by atoms with van der Waals surface area (Å²) in [4.78, 5) is 28.6. The minimum Gasteiger partial charge on any atom is -0.319 e. The molecular weight excluding hydrogens is 268 g/mol. The van der Waals surface area contributed by atoms with Gasteiger partial charge in [0, 0.05) is 18.5 Å². The van der Waals surface area contributed by atoms with Crippen molar-refractivity contribution in [2.24, 2.45) is 4.99 Å². The highest BCUT2D eigenvalue weighted by atomic mass is 79.9. The molecule has 2 heterocycles. The summed E-state index contributed by atoms with van der Waals surface area (Å²) >= 11 is 4.30. The van der Waals surface area contributed by atoms with E-state index in [4.69, 9.17) is 0 Å². The minimum absolute atomic E-state index is 0.115. The lowest BCUT2D eigenvalue weighted by Crippen LogP contribution is -2.42. The van der Waals surface area contributed by atoms with Crippen molar-refractivity contribution in [3.63, 3.8) is 0 Å². The molecular formula is C8H7BrN2O2S. The number of fused-ring (bicyclic) bond motifs is 1. The van der Waals surface area contributed by atoms with Gasteiger partial charge in [0.2, 0.25) is 5.12 Å². The van der Waals surface area contributed by atoms with Crippen LogP contribution in [-0.4, -0.2) is 39.5 Å². The fourth-order valence-corrected chi connectivity index (χ4v) is 2.67. The zero-order valence-electron chi connectivity index (χ0n) is 7.36. The summed E-state index contributed by atoms with van der Waals surface area (Å²) < 4.78 is 0. The summed E-state index contributed by atoms with van der Waals surface area (Å²) in [5, 5.41) is 1.03. The summed E-state index contributed by atoms with van der Waals surface area (Å²) in [6.45, 7) is 0. The molecule has 2 rings (SSSR count). The maximum atomic E-state index is 11.7. The van der Waals surface area contributed by atoms with Crippen LogP contribution in [0.4, 0.5) is 0 Å². The molecule has 0 saturated heterocycles. The molecule has 0 aliphatic carbocycles. The Kier molecular flexibility index (Phi) is 2.48. The number of aliphatic imine (C=N–C) groups is 1. The van der Waals surface area contributed by atoms with Crippen molar-refractivity contribution < 1.29 is 9.59 Å². The number of halogens is 1. The monoisotopic (exact) mass is 274 g/mol. The number of thioether (sulfide) groups is 1. The van der Waals surface area contributed by atoms with Crippen molar-refractivity contribution in [3.05, 3.63) is 11.6 Å². The van der Waals surface area contributed by atoms with Crippen molar-refractivity contribution >= 4 is 43.8 Å². The van der Waals surface area contributed by atoms with Gasteiger partial charge in [-0.2, -0.15) is 0 Å². The van der Waals surface area contributed by atoms with Gasteiger partial charge in [-0.25, -0.2) is 0 Å². The average molecular weight is 275 g/mol. The van der Waals surface area contributed by atoms with Gasteiger partial charge in [-0.15, -0.1) is 0 Å². The molecule has 1 amide bonds. The number of hydrogen-bond acceptors (Lipinski definition) is 4. The van der Waals surface area contributed by atoms with E-state index >= 15 is 0 Å². The van der Waals surface area contributed by atoms with Crippen LogP contribution in [0, 0.1) is 0 Å². The highest BCUT2D eigenvalue weighted by Gasteiger charge is 2.35. The fourth-order valence-electron chi connectivity index (χ4n) is 1.29. The van der Waals surface area contributed by atoms with Gasteiger partial charge in [-0.3, -0.25) is 14.6 Å². The highest BCUT2D eigenvalue weighted by molar-refractivity contribution is 9.09. The van der Waals surface area contributed by atoms with Gasteiger partial charge in [0.25, 0.3) is 5.91 Å². The molecule has 4 nitrogen and oxygen atoms in total. The van der Waals surface area contributed by atoms with E-state index in [1.54, 1.807) is 7.05 Å². The third kappa shape index (κ3) is 1.42. The molecule has 0 N–H and O–H groups in total. The summed E-state index contributed by atoms with van der Waals surface area (Å²) in [5.74, 6) is -0.127. The normalized spacial score (nSPS) is 26.1. The van der Waals surface area contributed by atoms with Crippen LogP contribution in [0.5, 0.6) is 0 Å². The fraction of sp³-hybridized carbons (Fsp3) is 0.375. The van der Waals surface area contributed by atoms with E-state index in [2.05, 4.69) is 20.9 Å². The predicted molar refractivity (Wildman–Crippen MR) is 58.5 cm³/mol. The molecule has 0 aromatic rings. The Hall–Kier alpha value is -0.620. The zero-order valence-corrected chi connectivity index (χ0v) is 9.76. The molecule has 0 spiro atoms. The first kappa shape index (κ1) is 9.92. The van der Waals surface area contributed by atoms with Crippen LogP contribution in [0.15, 0.2) is 16.6 Å². The van der Waals surface area contributed by atoms with Crippen molar-refractivity contribution in [2.75, 3.05) is 12.4 Å². The number of rotatable bonds is 1. The Bertz CT molecular complexity index is 378. The molecule has 0 radical (unpaired) electrons. The largest absolute Gasteiger partial charge is 0.319 e. The molecule has 2 aliphatic rings. The van der Waals surface area contributed by atoms with Crippen molar-refractivity contribution in [2.45, 2.75) is 6.17 Å². The van der Waals surface area contributed by atoms with Crippen LogP contribution in [0.2, 0.25) is 0 Å². The summed E-state index contributed by atoms with van der Waals surface area (Å²) in [7, 11) is 1.68. The maximum Gasteiger partial charge on any atom is 0.258 e. The van der Waals surface area contributed by atoms with Crippen LogP contribution in [-0.2, 0) is 9.59 Å². The van der Waals surface area contributed by atoms with Crippen LogP contribution in [0.3, 0.4) is 0 Å². The van der Waals surface area contributed by atoms with Gasteiger partial charge in [0.15, 0.2) is 0 Å². The Labute approximate surface area is 93.6 Å². The topological polar surface area (TPSA) is 49.7 Å². The van der Waals surface area contributed by atoms with Gasteiger partial charge < -0.3 is 4.90 Å². The molecule has 1 unspecified atom stereocenters. The van der Waals surface area contributed by atoms with Gasteiger partial charge in [0.1, 0.15) is 11.2 Å². The van der Waals surface area contributed by atoms with Crippen LogP contribution in [0.1, 0.15) is 0 Å². The average Bonchev–Trinajstić information content (AvgIpc) is 2.52.